The SMILES string of the molecule is CCc1ccc(NC(=O)COC(=O)[C@H]2CC(=O)N(NC(=O)c3ccccc3OC)C2)cc1. The van der Waals surface area contributed by atoms with Crippen LogP contribution in [0, 0.1) is 5.92 Å². The molecule has 1 heterocycles. The number of benzene rings is 2. The zero-order valence-corrected chi connectivity index (χ0v) is 17.9. The van der Waals surface area contributed by atoms with Crippen LogP contribution in [0.2, 0.25) is 0 Å². The van der Waals surface area contributed by atoms with Crippen LogP contribution in [0.4, 0.5) is 5.69 Å². The first-order chi connectivity index (χ1) is 15.4. The van der Waals surface area contributed by atoms with E-state index in [1.807, 2.05) is 19.1 Å². The van der Waals surface area contributed by atoms with E-state index in [1.165, 1.54) is 7.11 Å². The van der Waals surface area contributed by atoms with E-state index in [0.29, 0.717) is 11.4 Å². The summed E-state index contributed by atoms with van der Waals surface area (Å²) in [6.07, 6.45) is 0.771. The average molecular weight is 439 g/mol. The highest BCUT2D eigenvalue weighted by molar-refractivity contribution is 5.98. The number of hydrogen-bond acceptors (Lipinski definition) is 6. The van der Waals surface area contributed by atoms with Crippen molar-refractivity contribution < 1.29 is 28.7 Å². The molecule has 1 fully saturated rings. The fourth-order valence-electron chi connectivity index (χ4n) is 3.26. The lowest BCUT2D eigenvalue weighted by Crippen LogP contribution is -2.43. The molecule has 0 aromatic heterocycles. The Kier molecular flexibility index (Phi) is 7.43. The van der Waals surface area contributed by atoms with Crippen molar-refractivity contribution >= 4 is 29.4 Å². The fraction of sp³-hybridized carbons (Fsp3) is 0.304. The number of methoxy groups -OCH3 is 1. The van der Waals surface area contributed by atoms with Gasteiger partial charge < -0.3 is 14.8 Å². The van der Waals surface area contributed by atoms with Crippen LogP contribution >= 0.6 is 0 Å². The molecule has 3 amide bonds. The van der Waals surface area contributed by atoms with E-state index in [0.717, 1.165) is 17.0 Å². The molecule has 1 saturated heterocycles. The van der Waals surface area contributed by atoms with Gasteiger partial charge in [-0.15, -0.1) is 0 Å². The summed E-state index contributed by atoms with van der Waals surface area (Å²) in [6, 6.07) is 13.9. The highest BCUT2D eigenvalue weighted by atomic mass is 16.5. The first kappa shape index (κ1) is 22.8. The number of nitrogens with zero attached hydrogens (tertiary/aromatic N) is 1. The van der Waals surface area contributed by atoms with Gasteiger partial charge in [0.05, 0.1) is 25.1 Å². The van der Waals surface area contributed by atoms with Gasteiger partial charge in [-0.2, -0.15) is 0 Å². The first-order valence-electron chi connectivity index (χ1n) is 10.2. The van der Waals surface area contributed by atoms with Crippen LogP contribution in [0.15, 0.2) is 48.5 Å². The normalized spacial score (nSPS) is 15.2. The zero-order valence-electron chi connectivity index (χ0n) is 17.9. The third-order valence-corrected chi connectivity index (χ3v) is 5.04. The third kappa shape index (κ3) is 5.63. The summed E-state index contributed by atoms with van der Waals surface area (Å²) in [4.78, 5) is 49.1. The summed E-state index contributed by atoms with van der Waals surface area (Å²) in [5.74, 6) is -2.52. The van der Waals surface area contributed by atoms with Gasteiger partial charge in [0.15, 0.2) is 6.61 Å². The molecule has 168 valence electrons. The lowest BCUT2D eigenvalue weighted by atomic mass is 10.1. The molecule has 9 nitrogen and oxygen atoms in total. The Bertz CT molecular complexity index is 1010. The molecule has 2 N–H and O–H groups in total. The Morgan fingerprint density at radius 3 is 2.50 bits per heavy atom. The minimum atomic E-state index is -0.780. The Labute approximate surface area is 185 Å². The summed E-state index contributed by atoms with van der Waals surface area (Å²) in [6.45, 7) is 1.52. The molecule has 0 aliphatic carbocycles. The van der Waals surface area contributed by atoms with Gasteiger partial charge in [0, 0.05) is 12.1 Å². The van der Waals surface area contributed by atoms with Gasteiger partial charge in [-0.25, -0.2) is 0 Å². The molecule has 1 atom stereocenters. The summed E-state index contributed by atoms with van der Waals surface area (Å²) in [7, 11) is 1.44. The molecule has 32 heavy (non-hydrogen) atoms. The van der Waals surface area contributed by atoms with Gasteiger partial charge >= 0.3 is 5.97 Å². The van der Waals surface area contributed by atoms with Gasteiger partial charge in [0.2, 0.25) is 5.91 Å². The lowest BCUT2D eigenvalue weighted by Gasteiger charge is -2.18. The number of carbonyl (C=O) groups is 4. The monoisotopic (exact) mass is 439 g/mol. The smallest absolute Gasteiger partial charge is 0.311 e. The van der Waals surface area contributed by atoms with Crippen molar-refractivity contribution in [2.45, 2.75) is 19.8 Å². The molecule has 0 spiro atoms. The molecular formula is C23H25N3O6. The van der Waals surface area contributed by atoms with Crippen molar-refractivity contribution in [1.29, 1.82) is 0 Å². The average Bonchev–Trinajstić information content (AvgIpc) is 3.18. The minimum absolute atomic E-state index is 0.0430. The molecular weight excluding hydrogens is 414 g/mol. The van der Waals surface area contributed by atoms with Crippen LogP contribution < -0.4 is 15.5 Å². The number of anilines is 1. The summed E-state index contributed by atoms with van der Waals surface area (Å²) in [5.41, 5.74) is 4.49. The van der Waals surface area contributed by atoms with E-state index in [4.69, 9.17) is 9.47 Å². The fourth-order valence-corrected chi connectivity index (χ4v) is 3.26. The predicted molar refractivity (Wildman–Crippen MR) is 116 cm³/mol. The number of amides is 3. The van der Waals surface area contributed by atoms with E-state index < -0.39 is 36.2 Å². The third-order valence-electron chi connectivity index (χ3n) is 5.04. The van der Waals surface area contributed by atoms with E-state index in [2.05, 4.69) is 10.7 Å². The molecule has 0 unspecified atom stereocenters. The van der Waals surface area contributed by atoms with Crippen molar-refractivity contribution in [3.63, 3.8) is 0 Å². The summed E-state index contributed by atoms with van der Waals surface area (Å²) >= 11 is 0. The van der Waals surface area contributed by atoms with Crippen molar-refractivity contribution in [2.24, 2.45) is 5.92 Å². The topological polar surface area (TPSA) is 114 Å². The zero-order chi connectivity index (χ0) is 23.1. The predicted octanol–water partition coefficient (Wildman–Crippen LogP) is 1.93. The largest absolute Gasteiger partial charge is 0.496 e. The highest BCUT2D eigenvalue weighted by Gasteiger charge is 2.37. The number of hydrogen-bond donors (Lipinski definition) is 2. The standard InChI is InChI=1S/C23H25N3O6/c1-3-15-8-10-17(11-9-15)24-20(27)14-32-23(30)16-12-21(28)26(13-16)25-22(29)18-6-4-5-7-19(18)31-2/h4-11,16H,3,12-14H2,1-2H3,(H,24,27)(H,25,29)/t16-/m0/s1. The molecule has 1 aliphatic rings. The van der Waals surface area contributed by atoms with Gasteiger partial charge in [-0.05, 0) is 36.2 Å². The van der Waals surface area contributed by atoms with Crippen LogP contribution in [0.5, 0.6) is 5.75 Å². The molecule has 0 bridgehead atoms. The first-order valence-corrected chi connectivity index (χ1v) is 10.2. The number of rotatable bonds is 8. The van der Waals surface area contributed by atoms with Gasteiger partial charge in [0.25, 0.3) is 11.8 Å². The maximum Gasteiger partial charge on any atom is 0.311 e. The van der Waals surface area contributed by atoms with Gasteiger partial charge in [0.1, 0.15) is 5.75 Å². The summed E-state index contributed by atoms with van der Waals surface area (Å²) in [5, 5.41) is 3.73. The molecule has 9 heteroatoms. The van der Waals surface area contributed by atoms with Crippen LogP contribution in [0.3, 0.4) is 0 Å². The Morgan fingerprint density at radius 2 is 1.81 bits per heavy atom. The minimum Gasteiger partial charge on any atom is -0.496 e. The Balaban J connectivity index is 1.48. The van der Waals surface area contributed by atoms with E-state index in [-0.39, 0.29) is 18.5 Å². The van der Waals surface area contributed by atoms with Crippen molar-refractivity contribution in [1.82, 2.24) is 10.4 Å². The van der Waals surface area contributed by atoms with Crippen LogP contribution in [-0.2, 0) is 25.5 Å². The number of carbonyl (C=O) groups excluding carboxylic acids is 4. The maximum absolute atomic E-state index is 12.5. The number of para-hydroxylation sites is 1. The number of aryl methyl sites for hydroxylation is 1. The number of ether oxygens (including phenoxy) is 2. The maximum atomic E-state index is 12.5. The highest BCUT2D eigenvalue weighted by Crippen LogP contribution is 2.20. The van der Waals surface area contributed by atoms with Crippen LogP contribution in [0.25, 0.3) is 0 Å². The number of hydrazine groups is 1. The van der Waals surface area contributed by atoms with Gasteiger partial charge in [-0.3, -0.25) is 29.6 Å². The van der Waals surface area contributed by atoms with E-state index in [9.17, 15) is 19.2 Å². The lowest BCUT2D eigenvalue weighted by molar-refractivity contribution is -0.151. The molecule has 2 aromatic carbocycles. The number of esters is 1. The number of nitrogens with one attached hydrogen (secondary N) is 2. The van der Waals surface area contributed by atoms with E-state index >= 15 is 0 Å². The second kappa shape index (κ2) is 10.4. The van der Waals surface area contributed by atoms with Crippen LogP contribution in [-0.4, -0.2) is 49.0 Å². The molecule has 3 rings (SSSR count). The van der Waals surface area contributed by atoms with Crippen molar-refractivity contribution in [3.8, 4) is 5.75 Å². The van der Waals surface area contributed by atoms with Crippen molar-refractivity contribution in [2.75, 3.05) is 25.6 Å². The molecule has 0 saturated carbocycles. The Hall–Kier alpha value is -3.88. The van der Waals surface area contributed by atoms with E-state index in [1.54, 1.807) is 36.4 Å². The Morgan fingerprint density at radius 1 is 1.09 bits per heavy atom. The quantitative estimate of drug-likeness (QED) is 0.608. The van der Waals surface area contributed by atoms with Gasteiger partial charge in [-0.1, -0.05) is 31.2 Å². The second-order valence-corrected chi connectivity index (χ2v) is 7.25. The second-order valence-electron chi connectivity index (χ2n) is 7.25. The molecule has 2 aromatic rings. The summed E-state index contributed by atoms with van der Waals surface area (Å²) < 4.78 is 10.2. The van der Waals surface area contributed by atoms with Crippen LogP contribution in [0.1, 0.15) is 29.3 Å². The van der Waals surface area contributed by atoms with Crippen molar-refractivity contribution in [3.05, 3.63) is 59.7 Å². The molecule has 1 aliphatic heterocycles. The molecule has 0 radical (unpaired) electrons.